The van der Waals surface area contributed by atoms with Crippen LogP contribution in [0.1, 0.15) is 19.8 Å². The lowest BCUT2D eigenvalue weighted by atomic mass is 10.3. The predicted molar refractivity (Wildman–Crippen MR) is 47.9 cm³/mol. The van der Waals surface area contributed by atoms with Gasteiger partial charge in [0, 0.05) is 6.42 Å². The molecule has 0 aliphatic heterocycles. The van der Waals surface area contributed by atoms with Gasteiger partial charge in [0.2, 0.25) is 0 Å². The van der Waals surface area contributed by atoms with Gasteiger partial charge in [0.15, 0.2) is 6.61 Å². The van der Waals surface area contributed by atoms with Crippen LogP contribution in [-0.2, 0) is 19.1 Å². The summed E-state index contributed by atoms with van der Waals surface area (Å²) in [5, 5.41) is 0. The number of rotatable bonds is 5. The Morgan fingerprint density at radius 2 is 1.47 bits per heavy atom. The fourth-order valence-electron chi connectivity index (χ4n) is 0.900. The van der Waals surface area contributed by atoms with Crippen LogP contribution in [0.5, 0.6) is 0 Å². The Hall–Kier alpha value is -1.48. The molecule has 0 aromatic heterocycles. The van der Waals surface area contributed by atoms with E-state index in [0.717, 1.165) is 0 Å². The third-order valence-electron chi connectivity index (χ3n) is 1.65. The quantitative estimate of drug-likeness (QED) is 0.577. The molecule has 0 aliphatic rings. The van der Waals surface area contributed by atoms with Gasteiger partial charge < -0.3 is 9.47 Å². The van der Waals surface area contributed by atoms with Crippen molar-refractivity contribution in [2.75, 3.05) is 6.61 Å². The Labute approximate surface area is 103 Å². The highest BCUT2D eigenvalue weighted by molar-refractivity contribution is 5.76. The first-order valence-corrected chi connectivity index (χ1v) is 4.97. The number of ether oxygens (including phenoxy) is 2. The molecule has 0 spiro atoms. The van der Waals surface area contributed by atoms with Crippen LogP contribution in [0.25, 0.3) is 0 Å². The number of hydrogen-bond acceptors (Lipinski definition) is 4. The van der Waals surface area contributed by atoms with Crippen LogP contribution >= 0.6 is 0 Å². The smallest absolute Gasteiger partial charge is 0.434 e. The lowest BCUT2D eigenvalue weighted by Gasteiger charge is -2.22. The molecule has 112 valence electrons. The molecular formula is C9H10F6O4. The summed E-state index contributed by atoms with van der Waals surface area (Å²) in [6.07, 6.45) is -15.6. The fraction of sp³-hybridized carbons (Fsp3) is 0.778. The van der Waals surface area contributed by atoms with E-state index < -0.39 is 37.0 Å². The summed E-state index contributed by atoms with van der Waals surface area (Å²) >= 11 is 0. The van der Waals surface area contributed by atoms with Gasteiger partial charge in [-0.05, 0) is 6.42 Å². The van der Waals surface area contributed by atoms with Crippen molar-refractivity contribution in [2.45, 2.75) is 38.2 Å². The van der Waals surface area contributed by atoms with Crippen molar-refractivity contribution in [3.8, 4) is 0 Å². The van der Waals surface area contributed by atoms with Crippen molar-refractivity contribution < 1.29 is 45.4 Å². The summed E-state index contributed by atoms with van der Waals surface area (Å²) in [5.74, 6) is -2.85. The van der Waals surface area contributed by atoms with Crippen LogP contribution < -0.4 is 0 Å². The standard InChI is InChI=1S/C9H10F6O4/c1-2-3-5(16)18-4-6(17)19-7(8(10,11)12)9(13,14)15/h7H,2-4H2,1H3. The van der Waals surface area contributed by atoms with Crippen LogP contribution in [-0.4, -0.2) is 37.0 Å². The summed E-state index contributed by atoms with van der Waals surface area (Å²) < 4.78 is 79.3. The highest BCUT2D eigenvalue weighted by Crippen LogP contribution is 2.35. The molecule has 0 N–H and O–H groups in total. The predicted octanol–water partition coefficient (Wildman–Crippen LogP) is 2.37. The zero-order valence-electron chi connectivity index (χ0n) is 9.60. The molecule has 19 heavy (non-hydrogen) atoms. The molecular weight excluding hydrogens is 286 g/mol. The molecule has 10 heteroatoms. The molecule has 0 radical (unpaired) electrons. The van der Waals surface area contributed by atoms with Crippen molar-refractivity contribution >= 4 is 11.9 Å². The number of carbonyl (C=O) groups excluding carboxylic acids is 2. The van der Waals surface area contributed by atoms with Gasteiger partial charge in [-0.3, -0.25) is 4.79 Å². The van der Waals surface area contributed by atoms with E-state index in [9.17, 15) is 35.9 Å². The van der Waals surface area contributed by atoms with Gasteiger partial charge in [0.1, 0.15) is 0 Å². The first kappa shape index (κ1) is 17.5. The molecule has 0 saturated heterocycles. The molecule has 0 aromatic carbocycles. The second kappa shape index (κ2) is 6.62. The van der Waals surface area contributed by atoms with Gasteiger partial charge in [-0.25, -0.2) is 4.79 Å². The second-order valence-electron chi connectivity index (χ2n) is 3.36. The molecule has 0 rings (SSSR count). The molecule has 0 unspecified atom stereocenters. The van der Waals surface area contributed by atoms with Crippen LogP contribution in [0.3, 0.4) is 0 Å². The number of esters is 2. The molecule has 0 aromatic rings. The summed E-state index contributed by atoms with van der Waals surface area (Å²) in [4.78, 5) is 21.5. The third-order valence-corrected chi connectivity index (χ3v) is 1.65. The first-order valence-electron chi connectivity index (χ1n) is 4.97. The monoisotopic (exact) mass is 296 g/mol. The number of halogens is 6. The lowest BCUT2D eigenvalue weighted by molar-refractivity contribution is -0.313. The van der Waals surface area contributed by atoms with E-state index >= 15 is 0 Å². The van der Waals surface area contributed by atoms with Crippen molar-refractivity contribution in [1.29, 1.82) is 0 Å². The highest BCUT2D eigenvalue weighted by Gasteiger charge is 2.59. The van der Waals surface area contributed by atoms with Crippen molar-refractivity contribution in [1.82, 2.24) is 0 Å². The van der Waals surface area contributed by atoms with E-state index in [-0.39, 0.29) is 6.42 Å². The Bertz CT molecular complexity index is 308. The van der Waals surface area contributed by atoms with E-state index in [2.05, 4.69) is 9.47 Å². The molecule has 0 saturated carbocycles. The number of alkyl halides is 6. The maximum Gasteiger partial charge on any atom is 0.434 e. The Kier molecular flexibility index (Phi) is 6.10. The Morgan fingerprint density at radius 3 is 1.84 bits per heavy atom. The lowest BCUT2D eigenvalue weighted by Crippen LogP contribution is -2.46. The summed E-state index contributed by atoms with van der Waals surface area (Å²) in [6, 6.07) is 0. The zero-order chi connectivity index (χ0) is 15.3. The molecule has 0 atom stereocenters. The van der Waals surface area contributed by atoms with E-state index in [4.69, 9.17) is 0 Å². The molecule has 0 aliphatic carbocycles. The Morgan fingerprint density at radius 1 is 1.00 bits per heavy atom. The minimum absolute atomic E-state index is 0.116. The Balaban J connectivity index is 4.46. The maximum atomic E-state index is 12.0. The first-order chi connectivity index (χ1) is 8.48. The third kappa shape index (κ3) is 6.87. The van der Waals surface area contributed by atoms with Gasteiger partial charge in [0.05, 0.1) is 0 Å². The van der Waals surface area contributed by atoms with Crippen molar-refractivity contribution in [3.63, 3.8) is 0 Å². The fourth-order valence-corrected chi connectivity index (χ4v) is 0.900. The largest absolute Gasteiger partial charge is 0.454 e. The van der Waals surface area contributed by atoms with E-state index in [1.807, 2.05) is 0 Å². The van der Waals surface area contributed by atoms with E-state index in [0.29, 0.717) is 6.42 Å². The van der Waals surface area contributed by atoms with Gasteiger partial charge >= 0.3 is 24.3 Å². The van der Waals surface area contributed by atoms with Gasteiger partial charge in [-0.1, -0.05) is 6.92 Å². The maximum absolute atomic E-state index is 12.0. The summed E-state index contributed by atoms with van der Waals surface area (Å²) in [7, 11) is 0. The normalized spacial score (nSPS) is 12.4. The molecule has 4 nitrogen and oxygen atoms in total. The van der Waals surface area contributed by atoms with Crippen LogP contribution in [0.4, 0.5) is 26.3 Å². The topological polar surface area (TPSA) is 52.6 Å². The van der Waals surface area contributed by atoms with Gasteiger partial charge in [-0.15, -0.1) is 0 Å². The SMILES string of the molecule is CCCC(=O)OCC(=O)OC(C(F)(F)F)C(F)(F)F. The molecule has 0 heterocycles. The van der Waals surface area contributed by atoms with Gasteiger partial charge in [0.25, 0.3) is 6.10 Å². The van der Waals surface area contributed by atoms with Gasteiger partial charge in [-0.2, -0.15) is 26.3 Å². The van der Waals surface area contributed by atoms with Crippen LogP contribution in [0.15, 0.2) is 0 Å². The zero-order valence-corrected chi connectivity index (χ0v) is 9.60. The average molecular weight is 296 g/mol. The molecule has 0 bridgehead atoms. The van der Waals surface area contributed by atoms with E-state index in [1.54, 1.807) is 6.92 Å². The van der Waals surface area contributed by atoms with Crippen molar-refractivity contribution in [3.05, 3.63) is 0 Å². The molecule has 0 fully saturated rings. The highest BCUT2D eigenvalue weighted by atomic mass is 19.4. The number of carbonyl (C=O) groups is 2. The summed E-state index contributed by atoms with van der Waals surface area (Å²) in [5.41, 5.74) is 0. The van der Waals surface area contributed by atoms with E-state index in [1.165, 1.54) is 0 Å². The van der Waals surface area contributed by atoms with Crippen LogP contribution in [0, 0.1) is 0 Å². The minimum atomic E-state index is -5.79. The summed E-state index contributed by atoms with van der Waals surface area (Å²) in [6.45, 7) is 0.282. The molecule has 0 amide bonds. The second-order valence-corrected chi connectivity index (χ2v) is 3.36. The number of hydrogen-bond donors (Lipinski definition) is 0. The average Bonchev–Trinajstić information content (AvgIpc) is 2.20. The minimum Gasteiger partial charge on any atom is -0.454 e. The van der Waals surface area contributed by atoms with Crippen molar-refractivity contribution in [2.24, 2.45) is 0 Å². The van der Waals surface area contributed by atoms with Crippen LogP contribution in [0.2, 0.25) is 0 Å².